The van der Waals surface area contributed by atoms with Crippen molar-refractivity contribution in [2.24, 2.45) is 0 Å². The zero-order valence-electron chi connectivity index (χ0n) is 20.7. The predicted molar refractivity (Wildman–Crippen MR) is 142 cm³/mol. The normalized spacial score (nSPS) is 13.1. The van der Waals surface area contributed by atoms with Gasteiger partial charge in [-0.25, -0.2) is 8.42 Å². The van der Waals surface area contributed by atoms with Gasteiger partial charge in [-0.3, -0.25) is 13.9 Å². The van der Waals surface area contributed by atoms with Gasteiger partial charge in [0.2, 0.25) is 21.8 Å². The summed E-state index contributed by atoms with van der Waals surface area (Å²) in [6.07, 6.45) is 2.11. The number of nitrogens with one attached hydrogen (secondary N) is 1. The Labute approximate surface area is 218 Å². The second-order valence-electron chi connectivity index (χ2n) is 8.56. The van der Waals surface area contributed by atoms with Gasteiger partial charge in [-0.1, -0.05) is 61.3 Å². The molecule has 35 heavy (non-hydrogen) atoms. The lowest BCUT2D eigenvalue weighted by Gasteiger charge is -2.33. The molecule has 2 unspecified atom stereocenters. The molecular formula is C25H33Cl2N3O4S. The Morgan fingerprint density at radius 2 is 1.71 bits per heavy atom. The Balaban J connectivity index is 2.49. The van der Waals surface area contributed by atoms with Crippen LogP contribution in [0.15, 0.2) is 42.5 Å². The average molecular weight is 543 g/mol. The van der Waals surface area contributed by atoms with E-state index in [0.717, 1.165) is 28.1 Å². The van der Waals surface area contributed by atoms with Crippen molar-refractivity contribution < 1.29 is 18.0 Å². The third kappa shape index (κ3) is 7.85. The van der Waals surface area contributed by atoms with E-state index in [-0.39, 0.29) is 29.2 Å². The number of nitrogens with zero attached hydrogens (tertiary/aromatic N) is 2. The minimum Gasteiger partial charge on any atom is -0.352 e. The molecule has 0 heterocycles. The highest BCUT2D eigenvalue weighted by Gasteiger charge is 2.32. The summed E-state index contributed by atoms with van der Waals surface area (Å²) in [6, 6.07) is 11.1. The molecule has 0 aliphatic carbocycles. The van der Waals surface area contributed by atoms with Crippen molar-refractivity contribution in [1.82, 2.24) is 10.2 Å². The van der Waals surface area contributed by atoms with Gasteiger partial charge in [-0.2, -0.15) is 0 Å². The van der Waals surface area contributed by atoms with Gasteiger partial charge in [-0.15, -0.1) is 0 Å². The molecule has 7 nitrogen and oxygen atoms in total. The van der Waals surface area contributed by atoms with Crippen molar-refractivity contribution in [3.63, 3.8) is 0 Å². The van der Waals surface area contributed by atoms with Crippen molar-refractivity contribution in [2.45, 2.75) is 59.2 Å². The molecule has 0 aliphatic heterocycles. The number of rotatable bonds is 11. The average Bonchev–Trinajstić information content (AvgIpc) is 2.78. The molecule has 0 fully saturated rings. The number of sulfonamides is 1. The number of hydrogen-bond donors (Lipinski definition) is 1. The van der Waals surface area contributed by atoms with Crippen LogP contribution in [0, 0.1) is 6.92 Å². The number of hydrogen-bond acceptors (Lipinski definition) is 4. The summed E-state index contributed by atoms with van der Waals surface area (Å²) in [5.41, 5.74) is 1.97. The summed E-state index contributed by atoms with van der Waals surface area (Å²) in [5, 5.41) is 3.39. The summed E-state index contributed by atoms with van der Waals surface area (Å²) >= 11 is 12.3. The monoisotopic (exact) mass is 541 g/mol. The summed E-state index contributed by atoms with van der Waals surface area (Å²) < 4.78 is 26.3. The van der Waals surface area contributed by atoms with Crippen LogP contribution in [-0.2, 0) is 26.2 Å². The molecule has 2 amide bonds. The smallest absolute Gasteiger partial charge is 0.244 e. The van der Waals surface area contributed by atoms with E-state index < -0.39 is 28.5 Å². The molecule has 2 atom stereocenters. The molecule has 0 saturated heterocycles. The molecule has 2 aromatic carbocycles. The van der Waals surface area contributed by atoms with Gasteiger partial charge in [0, 0.05) is 17.6 Å². The van der Waals surface area contributed by atoms with E-state index in [1.165, 1.54) is 23.1 Å². The first kappa shape index (κ1) is 28.9. The molecule has 0 bridgehead atoms. The SMILES string of the molecule is CCC(C)NC(=O)C(CC)N(Cc1ccccc1C)C(=O)CN(c1ccc(Cl)cc1Cl)S(C)(=O)=O. The predicted octanol–water partition coefficient (Wildman–Crippen LogP) is 4.79. The van der Waals surface area contributed by atoms with Crippen molar-refractivity contribution in [2.75, 3.05) is 17.1 Å². The van der Waals surface area contributed by atoms with E-state index in [2.05, 4.69) is 5.32 Å². The molecule has 2 rings (SSSR count). The maximum absolute atomic E-state index is 13.7. The van der Waals surface area contributed by atoms with Crippen LogP contribution in [0.1, 0.15) is 44.7 Å². The fourth-order valence-corrected chi connectivity index (χ4v) is 5.03. The van der Waals surface area contributed by atoms with E-state index in [4.69, 9.17) is 23.2 Å². The van der Waals surface area contributed by atoms with E-state index in [9.17, 15) is 18.0 Å². The number of anilines is 1. The first-order chi connectivity index (χ1) is 16.4. The van der Waals surface area contributed by atoms with Crippen LogP contribution in [0.2, 0.25) is 10.0 Å². The van der Waals surface area contributed by atoms with Crippen molar-refractivity contribution in [1.29, 1.82) is 0 Å². The fraction of sp³-hybridized carbons (Fsp3) is 0.440. The first-order valence-electron chi connectivity index (χ1n) is 11.5. The lowest BCUT2D eigenvalue weighted by atomic mass is 10.1. The van der Waals surface area contributed by atoms with Crippen molar-refractivity contribution >= 4 is 50.7 Å². The second-order valence-corrected chi connectivity index (χ2v) is 11.3. The highest BCUT2D eigenvalue weighted by Crippen LogP contribution is 2.30. The second kappa shape index (κ2) is 12.6. The highest BCUT2D eigenvalue weighted by molar-refractivity contribution is 7.92. The van der Waals surface area contributed by atoms with Crippen molar-refractivity contribution in [3.05, 3.63) is 63.6 Å². The van der Waals surface area contributed by atoms with Crippen LogP contribution in [0.5, 0.6) is 0 Å². The van der Waals surface area contributed by atoms with Crippen LogP contribution in [-0.4, -0.2) is 50.0 Å². The zero-order chi connectivity index (χ0) is 26.3. The number of amides is 2. The minimum atomic E-state index is -3.88. The molecule has 10 heteroatoms. The number of benzene rings is 2. The number of carbonyl (C=O) groups is 2. The molecule has 0 spiro atoms. The Morgan fingerprint density at radius 3 is 2.26 bits per heavy atom. The molecule has 0 aromatic heterocycles. The Hall–Kier alpha value is -2.29. The molecule has 1 N–H and O–H groups in total. The van der Waals surface area contributed by atoms with Crippen molar-refractivity contribution in [3.8, 4) is 0 Å². The standard InChI is InChI=1S/C25H33Cl2N3O4S/c1-6-18(4)28-25(32)22(7-2)29(15-19-11-9-8-10-17(19)3)24(31)16-30(35(5,33)34)23-13-12-20(26)14-21(23)27/h8-14,18,22H,6-7,15-16H2,1-5H3,(H,28,32). The minimum absolute atomic E-state index is 0.0626. The number of carbonyl (C=O) groups excluding carboxylic acids is 2. The topological polar surface area (TPSA) is 86.8 Å². The zero-order valence-corrected chi connectivity index (χ0v) is 23.0. The summed E-state index contributed by atoms with van der Waals surface area (Å²) in [4.78, 5) is 28.3. The molecule has 192 valence electrons. The fourth-order valence-electron chi connectivity index (χ4n) is 3.61. The lowest BCUT2D eigenvalue weighted by Crippen LogP contribution is -2.53. The quantitative estimate of drug-likeness (QED) is 0.443. The van der Waals surface area contributed by atoms with Crippen LogP contribution in [0.25, 0.3) is 0 Å². The maximum Gasteiger partial charge on any atom is 0.244 e. The highest BCUT2D eigenvalue weighted by atomic mass is 35.5. The van der Waals surface area contributed by atoms with Crippen LogP contribution < -0.4 is 9.62 Å². The largest absolute Gasteiger partial charge is 0.352 e. The summed E-state index contributed by atoms with van der Waals surface area (Å²) in [5.74, 6) is -0.796. The summed E-state index contributed by atoms with van der Waals surface area (Å²) in [6.45, 7) is 7.24. The van der Waals surface area contributed by atoms with E-state index in [0.29, 0.717) is 11.4 Å². The van der Waals surface area contributed by atoms with Gasteiger partial charge < -0.3 is 10.2 Å². The van der Waals surface area contributed by atoms with Crippen LogP contribution in [0.4, 0.5) is 5.69 Å². The van der Waals surface area contributed by atoms with Gasteiger partial charge >= 0.3 is 0 Å². The van der Waals surface area contributed by atoms with Crippen LogP contribution >= 0.6 is 23.2 Å². The first-order valence-corrected chi connectivity index (χ1v) is 14.1. The van der Waals surface area contributed by atoms with E-state index >= 15 is 0 Å². The van der Waals surface area contributed by atoms with Crippen LogP contribution in [0.3, 0.4) is 0 Å². The molecular weight excluding hydrogens is 509 g/mol. The number of aryl methyl sites for hydroxylation is 1. The number of halogens is 2. The Bertz CT molecular complexity index is 1160. The molecule has 2 aromatic rings. The van der Waals surface area contributed by atoms with Gasteiger partial charge in [0.25, 0.3) is 0 Å². The van der Waals surface area contributed by atoms with Gasteiger partial charge in [-0.05, 0) is 56.0 Å². The Kier molecular flexibility index (Phi) is 10.4. The molecule has 0 saturated carbocycles. The van der Waals surface area contributed by atoms with Gasteiger partial charge in [0.1, 0.15) is 12.6 Å². The van der Waals surface area contributed by atoms with E-state index in [1.807, 2.05) is 52.0 Å². The maximum atomic E-state index is 13.7. The van der Waals surface area contributed by atoms with E-state index in [1.54, 1.807) is 0 Å². The lowest BCUT2D eigenvalue weighted by molar-refractivity contribution is -0.140. The third-order valence-corrected chi connectivity index (χ3v) is 7.51. The Morgan fingerprint density at radius 1 is 1.06 bits per heavy atom. The van der Waals surface area contributed by atoms with Gasteiger partial charge in [0.15, 0.2) is 0 Å². The third-order valence-electron chi connectivity index (χ3n) is 5.85. The molecule has 0 aliphatic rings. The molecule has 0 radical (unpaired) electrons. The summed E-state index contributed by atoms with van der Waals surface area (Å²) in [7, 11) is -3.88. The van der Waals surface area contributed by atoms with Gasteiger partial charge in [0.05, 0.1) is 17.0 Å².